The van der Waals surface area contributed by atoms with Crippen LogP contribution in [0, 0.1) is 11.6 Å². The number of nitrogens with zero attached hydrogens (tertiary/aromatic N) is 1. The zero-order valence-corrected chi connectivity index (χ0v) is 15.4. The Bertz CT molecular complexity index is 924. The number of hydrogen-bond donors (Lipinski definition) is 1. The third-order valence-electron chi connectivity index (χ3n) is 4.51. The van der Waals surface area contributed by atoms with Gasteiger partial charge in [0.25, 0.3) is 5.91 Å². The molecule has 0 bridgehead atoms. The van der Waals surface area contributed by atoms with Crippen LogP contribution in [0.3, 0.4) is 0 Å². The van der Waals surface area contributed by atoms with Crippen LogP contribution in [0.4, 0.5) is 8.78 Å². The Kier molecular flexibility index (Phi) is 5.86. The second-order valence-corrected chi connectivity index (χ2v) is 8.33. The maximum atomic E-state index is 13.2. The first-order chi connectivity index (χ1) is 12.9. The Morgan fingerprint density at radius 1 is 1.00 bits per heavy atom. The predicted molar refractivity (Wildman–Crippen MR) is 96.8 cm³/mol. The minimum absolute atomic E-state index is 0.0426. The van der Waals surface area contributed by atoms with Crippen LogP contribution in [-0.4, -0.2) is 38.3 Å². The monoisotopic (exact) mass is 394 g/mol. The molecule has 2 aromatic rings. The van der Waals surface area contributed by atoms with E-state index in [-0.39, 0.29) is 17.0 Å². The molecular formula is C19H20F2N2O3S. The van der Waals surface area contributed by atoms with Gasteiger partial charge in [-0.15, -0.1) is 0 Å². The van der Waals surface area contributed by atoms with E-state index in [1.54, 1.807) is 24.3 Å². The summed E-state index contributed by atoms with van der Waals surface area (Å²) in [6.45, 7) is 1.40. The van der Waals surface area contributed by atoms with E-state index >= 15 is 0 Å². The molecule has 1 aliphatic heterocycles. The predicted octanol–water partition coefficient (Wildman–Crippen LogP) is 2.72. The third-order valence-corrected chi connectivity index (χ3v) is 6.42. The molecule has 144 valence electrons. The fourth-order valence-corrected chi connectivity index (χ4v) is 4.48. The largest absolute Gasteiger partial charge is 0.352 e. The number of nitrogens with one attached hydrogen (secondary N) is 1. The fraction of sp³-hybridized carbons (Fsp3) is 0.316. The van der Waals surface area contributed by atoms with Crippen LogP contribution in [0.15, 0.2) is 47.4 Å². The SMILES string of the molecule is O=C(NCCc1ccc(S(=O)(=O)N2CCCC2)cc1)c1ccc(F)c(F)c1. The normalized spacial score (nSPS) is 15.0. The molecular weight excluding hydrogens is 374 g/mol. The minimum atomic E-state index is -3.44. The number of sulfonamides is 1. The smallest absolute Gasteiger partial charge is 0.251 e. The van der Waals surface area contributed by atoms with E-state index in [0.717, 1.165) is 30.5 Å². The highest BCUT2D eigenvalue weighted by atomic mass is 32.2. The van der Waals surface area contributed by atoms with Gasteiger partial charge in [-0.1, -0.05) is 12.1 Å². The second-order valence-electron chi connectivity index (χ2n) is 6.39. The molecule has 0 aromatic heterocycles. The molecule has 0 unspecified atom stereocenters. The van der Waals surface area contributed by atoms with Gasteiger partial charge in [-0.3, -0.25) is 4.79 Å². The molecule has 1 heterocycles. The Morgan fingerprint density at radius 3 is 2.30 bits per heavy atom. The van der Waals surface area contributed by atoms with E-state index in [0.29, 0.717) is 19.5 Å². The van der Waals surface area contributed by atoms with E-state index in [9.17, 15) is 22.0 Å². The summed E-state index contributed by atoms with van der Waals surface area (Å²) >= 11 is 0. The standard InChI is InChI=1S/C19H20F2N2O3S/c20-17-8-5-15(13-18(17)21)19(24)22-10-9-14-3-6-16(7-4-14)27(25,26)23-11-1-2-12-23/h3-8,13H,1-2,9-12H2,(H,22,24). The average molecular weight is 394 g/mol. The highest BCUT2D eigenvalue weighted by Crippen LogP contribution is 2.21. The lowest BCUT2D eigenvalue weighted by atomic mass is 10.1. The summed E-state index contributed by atoms with van der Waals surface area (Å²) in [7, 11) is -3.44. The van der Waals surface area contributed by atoms with E-state index in [4.69, 9.17) is 0 Å². The van der Waals surface area contributed by atoms with Gasteiger partial charge in [-0.25, -0.2) is 17.2 Å². The van der Waals surface area contributed by atoms with Gasteiger partial charge < -0.3 is 5.32 Å². The van der Waals surface area contributed by atoms with E-state index < -0.39 is 27.6 Å². The molecule has 1 saturated heterocycles. The second kappa shape index (κ2) is 8.14. The van der Waals surface area contributed by atoms with Crippen molar-refractivity contribution in [1.82, 2.24) is 9.62 Å². The molecule has 1 N–H and O–H groups in total. The molecule has 1 amide bonds. The van der Waals surface area contributed by atoms with E-state index in [1.807, 2.05) is 0 Å². The molecule has 2 aromatic carbocycles. The summed E-state index contributed by atoms with van der Waals surface area (Å²) in [6, 6.07) is 9.54. The number of halogens is 2. The zero-order valence-electron chi connectivity index (χ0n) is 14.6. The Labute approximate surface area is 157 Å². The Hall–Kier alpha value is -2.32. The molecule has 0 atom stereocenters. The Balaban J connectivity index is 1.55. The quantitative estimate of drug-likeness (QED) is 0.819. The van der Waals surface area contributed by atoms with Gasteiger partial charge in [-0.05, 0) is 55.2 Å². The fourth-order valence-electron chi connectivity index (χ4n) is 2.97. The lowest BCUT2D eigenvalue weighted by Crippen LogP contribution is -2.28. The molecule has 8 heteroatoms. The van der Waals surface area contributed by atoms with Crippen molar-refractivity contribution >= 4 is 15.9 Å². The highest BCUT2D eigenvalue weighted by Gasteiger charge is 2.26. The molecule has 0 spiro atoms. The van der Waals surface area contributed by atoms with Crippen molar-refractivity contribution in [1.29, 1.82) is 0 Å². The average Bonchev–Trinajstić information content (AvgIpc) is 3.20. The number of amides is 1. The molecule has 3 rings (SSSR count). The van der Waals surface area contributed by atoms with Crippen LogP contribution in [-0.2, 0) is 16.4 Å². The van der Waals surface area contributed by atoms with Crippen molar-refractivity contribution in [2.24, 2.45) is 0 Å². The molecule has 0 saturated carbocycles. The maximum absolute atomic E-state index is 13.2. The van der Waals surface area contributed by atoms with Gasteiger partial charge in [-0.2, -0.15) is 4.31 Å². The minimum Gasteiger partial charge on any atom is -0.352 e. The summed E-state index contributed by atoms with van der Waals surface area (Å²) in [4.78, 5) is 12.2. The number of rotatable bonds is 6. The van der Waals surface area contributed by atoms with Gasteiger partial charge in [0.05, 0.1) is 4.90 Å². The Morgan fingerprint density at radius 2 is 1.67 bits per heavy atom. The number of carbonyl (C=O) groups is 1. The molecule has 0 radical (unpaired) electrons. The topological polar surface area (TPSA) is 66.5 Å². The van der Waals surface area contributed by atoms with Gasteiger partial charge in [0, 0.05) is 25.2 Å². The van der Waals surface area contributed by atoms with E-state index in [2.05, 4.69) is 5.32 Å². The van der Waals surface area contributed by atoms with Crippen LogP contribution in [0.25, 0.3) is 0 Å². The van der Waals surface area contributed by atoms with E-state index in [1.165, 1.54) is 10.4 Å². The lowest BCUT2D eigenvalue weighted by Gasteiger charge is -2.15. The summed E-state index contributed by atoms with van der Waals surface area (Å²) in [5, 5.41) is 2.63. The molecule has 27 heavy (non-hydrogen) atoms. The van der Waals surface area contributed by atoms with Crippen molar-refractivity contribution < 1.29 is 22.0 Å². The van der Waals surface area contributed by atoms with Gasteiger partial charge in [0.15, 0.2) is 11.6 Å². The number of hydrogen-bond acceptors (Lipinski definition) is 3. The number of benzene rings is 2. The summed E-state index contributed by atoms with van der Waals surface area (Å²) in [5.74, 6) is -2.57. The number of carbonyl (C=O) groups excluding carboxylic acids is 1. The lowest BCUT2D eigenvalue weighted by molar-refractivity contribution is 0.0953. The highest BCUT2D eigenvalue weighted by molar-refractivity contribution is 7.89. The van der Waals surface area contributed by atoms with Gasteiger partial charge >= 0.3 is 0 Å². The van der Waals surface area contributed by atoms with Crippen molar-refractivity contribution in [2.75, 3.05) is 19.6 Å². The van der Waals surface area contributed by atoms with Crippen molar-refractivity contribution in [3.63, 3.8) is 0 Å². The maximum Gasteiger partial charge on any atom is 0.251 e. The zero-order chi connectivity index (χ0) is 19.4. The van der Waals surface area contributed by atoms with Crippen LogP contribution < -0.4 is 5.32 Å². The van der Waals surface area contributed by atoms with Crippen molar-refractivity contribution in [3.8, 4) is 0 Å². The first kappa shape index (κ1) is 19.4. The molecule has 0 aliphatic carbocycles. The van der Waals surface area contributed by atoms with Crippen LogP contribution in [0.5, 0.6) is 0 Å². The van der Waals surface area contributed by atoms with Gasteiger partial charge in [0.2, 0.25) is 10.0 Å². The molecule has 1 fully saturated rings. The third kappa shape index (κ3) is 4.51. The first-order valence-corrected chi connectivity index (χ1v) is 10.1. The summed E-state index contributed by atoms with van der Waals surface area (Å²) < 4.78 is 52.5. The molecule has 1 aliphatic rings. The van der Waals surface area contributed by atoms with Crippen LogP contribution in [0.1, 0.15) is 28.8 Å². The first-order valence-electron chi connectivity index (χ1n) is 8.70. The van der Waals surface area contributed by atoms with Crippen molar-refractivity contribution in [2.45, 2.75) is 24.2 Å². The van der Waals surface area contributed by atoms with Crippen LogP contribution >= 0.6 is 0 Å². The molecule has 5 nitrogen and oxygen atoms in total. The van der Waals surface area contributed by atoms with Gasteiger partial charge in [0.1, 0.15) is 0 Å². The van der Waals surface area contributed by atoms with Crippen molar-refractivity contribution in [3.05, 3.63) is 65.2 Å². The summed E-state index contributed by atoms with van der Waals surface area (Å²) in [6.07, 6.45) is 2.25. The summed E-state index contributed by atoms with van der Waals surface area (Å²) in [5.41, 5.74) is 0.905. The van der Waals surface area contributed by atoms with Crippen LogP contribution in [0.2, 0.25) is 0 Å².